The van der Waals surface area contributed by atoms with Crippen molar-refractivity contribution in [3.8, 4) is 22.5 Å². The third kappa shape index (κ3) is 4.49. The van der Waals surface area contributed by atoms with Crippen LogP contribution in [0.2, 0.25) is 0 Å². The van der Waals surface area contributed by atoms with E-state index in [9.17, 15) is 13.2 Å². The van der Waals surface area contributed by atoms with Gasteiger partial charge in [0.25, 0.3) is 0 Å². The quantitative estimate of drug-likeness (QED) is 0.389. The molecule has 0 aliphatic carbocycles. The van der Waals surface area contributed by atoms with Gasteiger partial charge in [-0.1, -0.05) is 47.7 Å². The summed E-state index contributed by atoms with van der Waals surface area (Å²) in [6.07, 6.45) is -2.78. The second-order valence-corrected chi connectivity index (χ2v) is 7.39. The van der Waals surface area contributed by atoms with Gasteiger partial charge in [0.1, 0.15) is 11.5 Å². The highest BCUT2D eigenvalue weighted by atomic mass is 19.4. The van der Waals surface area contributed by atoms with Gasteiger partial charge in [0, 0.05) is 29.9 Å². The molecule has 0 saturated heterocycles. The van der Waals surface area contributed by atoms with Gasteiger partial charge in [0.2, 0.25) is 0 Å². The Kier molecular flexibility index (Phi) is 5.94. The summed E-state index contributed by atoms with van der Waals surface area (Å²) in [5.74, 6) is 0.639. The summed E-state index contributed by atoms with van der Waals surface area (Å²) in [6.45, 7) is 4.38. The van der Waals surface area contributed by atoms with Crippen molar-refractivity contribution >= 4 is 5.82 Å². The van der Waals surface area contributed by atoms with Crippen LogP contribution in [0.4, 0.5) is 19.0 Å². The number of benzene rings is 2. The number of anilines is 1. The van der Waals surface area contributed by atoms with Gasteiger partial charge in [0.15, 0.2) is 0 Å². The predicted octanol–water partition coefficient (Wildman–Crippen LogP) is 6.22. The van der Waals surface area contributed by atoms with Crippen molar-refractivity contribution in [1.29, 1.82) is 0 Å². The van der Waals surface area contributed by atoms with Gasteiger partial charge < -0.3 is 5.32 Å². The van der Waals surface area contributed by atoms with Crippen LogP contribution in [0, 0.1) is 0 Å². The minimum Gasteiger partial charge on any atom is -0.364 e. The number of hydrogen-bond acceptors (Lipinski definition) is 4. The number of nitrogens with one attached hydrogen (secondary N) is 1. The van der Waals surface area contributed by atoms with Gasteiger partial charge in [-0.3, -0.25) is 0 Å². The Morgan fingerprint density at radius 3 is 2.47 bits per heavy atom. The smallest absolute Gasteiger partial charge is 0.364 e. The van der Waals surface area contributed by atoms with Crippen LogP contribution >= 0.6 is 0 Å². The second-order valence-electron chi connectivity index (χ2n) is 7.39. The molecule has 4 rings (SSSR count). The SMILES string of the molecule is CCn1nnc(-c2ccnc(N[C@@H](C)c3ccccc3)c2)c1-c1cccc(C(F)(F)F)c1. The van der Waals surface area contributed by atoms with Crippen LogP contribution in [0.15, 0.2) is 72.9 Å². The van der Waals surface area contributed by atoms with Gasteiger partial charge in [-0.25, -0.2) is 9.67 Å². The molecule has 0 aliphatic heterocycles. The van der Waals surface area contributed by atoms with Gasteiger partial charge in [-0.05, 0) is 43.7 Å². The van der Waals surface area contributed by atoms with E-state index in [4.69, 9.17) is 0 Å². The highest BCUT2D eigenvalue weighted by molar-refractivity contribution is 5.79. The molecule has 0 amide bonds. The summed E-state index contributed by atoms with van der Waals surface area (Å²) < 4.78 is 41.4. The molecule has 0 bridgehead atoms. The molecule has 0 saturated carbocycles. The summed E-state index contributed by atoms with van der Waals surface area (Å²) >= 11 is 0. The largest absolute Gasteiger partial charge is 0.416 e. The lowest BCUT2D eigenvalue weighted by molar-refractivity contribution is -0.137. The fraction of sp³-hybridized carbons (Fsp3) is 0.208. The monoisotopic (exact) mass is 437 g/mol. The Morgan fingerprint density at radius 1 is 0.969 bits per heavy atom. The summed E-state index contributed by atoms with van der Waals surface area (Å²) in [5, 5.41) is 11.8. The highest BCUT2D eigenvalue weighted by Gasteiger charge is 2.31. The Labute approximate surface area is 183 Å². The van der Waals surface area contributed by atoms with Gasteiger partial charge in [0.05, 0.1) is 11.3 Å². The zero-order valence-corrected chi connectivity index (χ0v) is 17.6. The molecule has 2 aromatic carbocycles. The van der Waals surface area contributed by atoms with Crippen molar-refractivity contribution in [1.82, 2.24) is 20.0 Å². The molecule has 0 aliphatic rings. The summed E-state index contributed by atoms with van der Waals surface area (Å²) in [4.78, 5) is 4.39. The van der Waals surface area contributed by atoms with E-state index in [0.29, 0.717) is 29.3 Å². The van der Waals surface area contributed by atoms with Crippen LogP contribution in [0.3, 0.4) is 0 Å². The Hall–Kier alpha value is -3.68. The average Bonchev–Trinajstić information content (AvgIpc) is 3.24. The summed E-state index contributed by atoms with van der Waals surface area (Å²) in [6, 6.07) is 18.8. The number of pyridine rings is 1. The Balaban J connectivity index is 1.71. The minimum absolute atomic E-state index is 0.0215. The van der Waals surface area contributed by atoms with E-state index in [2.05, 4.69) is 20.6 Å². The Bertz CT molecular complexity index is 1200. The number of nitrogens with zero attached hydrogens (tertiary/aromatic N) is 4. The first-order valence-electron chi connectivity index (χ1n) is 10.3. The maximum atomic E-state index is 13.3. The summed E-state index contributed by atoms with van der Waals surface area (Å²) in [7, 11) is 0. The summed E-state index contributed by atoms with van der Waals surface area (Å²) in [5.41, 5.74) is 2.57. The lowest BCUT2D eigenvalue weighted by Gasteiger charge is -2.15. The molecule has 0 spiro atoms. The third-order valence-corrected chi connectivity index (χ3v) is 5.20. The number of aryl methyl sites for hydroxylation is 1. The number of hydrogen-bond donors (Lipinski definition) is 1. The molecule has 1 N–H and O–H groups in total. The first kappa shape index (κ1) is 21.5. The molecule has 5 nitrogen and oxygen atoms in total. The topological polar surface area (TPSA) is 55.6 Å². The third-order valence-electron chi connectivity index (χ3n) is 5.20. The van der Waals surface area contributed by atoms with Crippen LogP contribution in [0.1, 0.15) is 31.0 Å². The number of alkyl halides is 3. The maximum absolute atomic E-state index is 13.3. The predicted molar refractivity (Wildman–Crippen MR) is 118 cm³/mol. The van der Waals surface area contributed by atoms with Gasteiger partial charge >= 0.3 is 6.18 Å². The fourth-order valence-electron chi connectivity index (χ4n) is 3.56. The van der Waals surface area contributed by atoms with Crippen LogP contribution in [0.25, 0.3) is 22.5 Å². The molecule has 8 heteroatoms. The molecule has 4 aromatic rings. The van der Waals surface area contributed by atoms with E-state index in [1.165, 1.54) is 6.07 Å². The van der Waals surface area contributed by atoms with Crippen molar-refractivity contribution in [3.05, 3.63) is 84.1 Å². The molecular weight excluding hydrogens is 415 g/mol. The van der Waals surface area contributed by atoms with Crippen LogP contribution < -0.4 is 5.32 Å². The van der Waals surface area contributed by atoms with Crippen molar-refractivity contribution in [2.75, 3.05) is 5.32 Å². The lowest BCUT2D eigenvalue weighted by atomic mass is 10.0. The Morgan fingerprint density at radius 2 is 1.75 bits per heavy atom. The van der Waals surface area contributed by atoms with Crippen molar-refractivity contribution in [2.24, 2.45) is 0 Å². The standard InChI is InChI=1S/C24H22F3N5/c1-3-32-23(19-10-7-11-20(14-19)24(25,26)27)22(30-31-32)18-12-13-28-21(15-18)29-16(2)17-8-5-4-6-9-17/h4-16H,3H2,1-2H3,(H,28,29)/t16-/m0/s1. The van der Waals surface area contributed by atoms with E-state index in [1.807, 2.05) is 50.2 Å². The zero-order chi connectivity index (χ0) is 22.7. The van der Waals surface area contributed by atoms with E-state index in [0.717, 1.165) is 23.3 Å². The molecular formula is C24H22F3N5. The normalized spacial score (nSPS) is 12.5. The molecule has 0 fully saturated rings. The van der Waals surface area contributed by atoms with E-state index >= 15 is 0 Å². The van der Waals surface area contributed by atoms with E-state index < -0.39 is 11.7 Å². The fourth-order valence-corrected chi connectivity index (χ4v) is 3.56. The van der Waals surface area contributed by atoms with Crippen LogP contribution in [-0.2, 0) is 12.7 Å². The molecule has 0 unspecified atom stereocenters. The molecule has 0 radical (unpaired) electrons. The zero-order valence-electron chi connectivity index (χ0n) is 17.6. The van der Waals surface area contributed by atoms with Gasteiger partial charge in [-0.2, -0.15) is 13.2 Å². The van der Waals surface area contributed by atoms with Crippen LogP contribution in [-0.4, -0.2) is 20.0 Å². The molecule has 2 aromatic heterocycles. The molecule has 164 valence electrons. The molecule has 32 heavy (non-hydrogen) atoms. The maximum Gasteiger partial charge on any atom is 0.416 e. The molecule has 1 atom stereocenters. The number of rotatable bonds is 6. The first-order chi connectivity index (χ1) is 15.4. The first-order valence-corrected chi connectivity index (χ1v) is 10.3. The molecule has 2 heterocycles. The van der Waals surface area contributed by atoms with Crippen molar-refractivity contribution < 1.29 is 13.2 Å². The van der Waals surface area contributed by atoms with Gasteiger partial charge in [-0.15, -0.1) is 5.10 Å². The minimum atomic E-state index is -4.43. The number of aromatic nitrogens is 4. The second kappa shape index (κ2) is 8.82. The van der Waals surface area contributed by atoms with E-state index in [-0.39, 0.29) is 6.04 Å². The highest BCUT2D eigenvalue weighted by Crippen LogP contribution is 2.35. The van der Waals surface area contributed by atoms with Crippen LogP contribution in [0.5, 0.6) is 0 Å². The lowest BCUT2D eigenvalue weighted by Crippen LogP contribution is -2.07. The average molecular weight is 437 g/mol. The van der Waals surface area contributed by atoms with Crippen molar-refractivity contribution in [3.63, 3.8) is 0 Å². The number of halogens is 3. The van der Waals surface area contributed by atoms with E-state index in [1.54, 1.807) is 23.0 Å². The van der Waals surface area contributed by atoms with Crippen molar-refractivity contribution in [2.45, 2.75) is 32.6 Å².